The number of nitrogens with two attached hydrogens (primary N) is 1. The van der Waals surface area contributed by atoms with Gasteiger partial charge in [-0.3, -0.25) is 9.48 Å². The molecular formula is C14H17ClN4OS. The van der Waals surface area contributed by atoms with E-state index in [1.54, 1.807) is 16.8 Å². The summed E-state index contributed by atoms with van der Waals surface area (Å²) >= 11 is 7.36. The number of carbonyl (C=O) groups excluding carboxylic acids is 1. The molecule has 0 fully saturated rings. The molecule has 2 aromatic rings. The molecule has 0 spiro atoms. The van der Waals surface area contributed by atoms with E-state index in [1.165, 1.54) is 11.8 Å². The molecule has 0 saturated carbocycles. The average molecular weight is 325 g/mol. The topological polar surface area (TPSA) is 72.9 Å². The molecule has 7 heteroatoms. The largest absolute Gasteiger partial charge is 0.398 e. The van der Waals surface area contributed by atoms with Crippen LogP contribution in [0.5, 0.6) is 0 Å². The Morgan fingerprint density at radius 3 is 2.76 bits per heavy atom. The second kappa shape index (κ2) is 6.41. The number of nitrogens with one attached hydrogen (secondary N) is 1. The molecule has 1 aromatic heterocycles. The molecule has 0 aliphatic heterocycles. The fourth-order valence-corrected chi connectivity index (χ4v) is 2.86. The Morgan fingerprint density at radius 1 is 1.48 bits per heavy atom. The van der Waals surface area contributed by atoms with Crippen molar-refractivity contribution in [3.05, 3.63) is 34.6 Å². The highest BCUT2D eigenvalue weighted by molar-refractivity contribution is 8.00. The molecule has 3 N–H and O–H groups in total. The number of nitrogen functional groups attached to an aromatic ring is 1. The number of thioether (sulfide) groups is 1. The van der Waals surface area contributed by atoms with Gasteiger partial charge in [0.15, 0.2) is 0 Å². The summed E-state index contributed by atoms with van der Waals surface area (Å²) in [6, 6.07) is 5.34. The van der Waals surface area contributed by atoms with Crippen LogP contribution in [0.4, 0.5) is 11.4 Å². The molecule has 2 rings (SSSR count). The van der Waals surface area contributed by atoms with Crippen molar-refractivity contribution in [3.63, 3.8) is 0 Å². The lowest BCUT2D eigenvalue weighted by atomic mass is 10.3. The Labute approximate surface area is 132 Å². The number of rotatable bonds is 4. The average Bonchev–Trinajstić information content (AvgIpc) is 2.67. The second-order valence-electron chi connectivity index (χ2n) is 4.69. The SMILES string of the molecule is Cc1nn(C)c(C)c1NC(=O)CSc1ccc(N)c(Cl)c1. The highest BCUT2D eigenvalue weighted by Gasteiger charge is 2.12. The van der Waals surface area contributed by atoms with Gasteiger partial charge in [0, 0.05) is 11.9 Å². The van der Waals surface area contributed by atoms with Gasteiger partial charge in [-0.05, 0) is 32.0 Å². The van der Waals surface area contributed by atoms with E-state index in [9.17, 15) is 4.79 Å². The summed E-state index contributed by atoms with van der Waals surface area (Å²) < 4.78 is 1.75. The number of benzene rings is 1. The lowest BCUT2D eigenvalue weighted by Crippen LogP contribution is -2.15. The molecule has 112 valence electrons. The lowest BCUT2D eigenvalue weighted by molar-refractivity contribution is -0.113. The molecule has 0 radical (unpaired) electrons. The number of halogens is 1. The lowest BCUT2D eigenvalue weighted by Gasteiger charge is -2.06. The standard InChI is InChI=1S/C14H17ClN4OS/c1-8-14(9(2)19(3)18-8)17-13(20)7-21-10-4-5-12(16)11(15)6-10/h4-6H,7,16H2,1-3H3,(H,17,20). The molecule has 0 aliphatic carbocycles. The first-order valence-corrected chi connectivity index (χ1v) is 7.72. The molecule has 1 amide bonds. The molecular weight excluding hydrogens is 308 g/mol. The van der Waals surface area contributed by atoms with Crippen LogP contribution in [0.25, 0.3) is 0 Å². The summed E-state index contributed by atoms with van der Waals surface area (Å²) in [5.74, 6) is 0.223. The Hall–Kier alpha value is -1.66. The molecule has 1 aromatic carbocycles. The minimum atomic E-state index is -0.0767. The van der Waals surface area contributed by atoms with E-state index in [4.69, 9.17) is 17.3 Å². The predicted molar refractivity (Wildman–Crippen MR) is 87.9 cm³/mol. The second-order valence-corrected chi connectivity index (χ2v) is 6.15. The normalized spacial score (nSPS) is 10.7. The van der Waals surface area contributed by atoms with Gasteiger partial charge in [0.2, 0.25) is 5.91 Å². The first kappa shape index (κ1) is 15.7. The van der Waals surface area contributed by atoms with E-state index >= 15 is 0 Å². The summed E-state index contributed by atoms with van der Waals surface area (Å²) in [5.41, 5.74) is 8.70. The van der Waals surface area contributed by atoms with Gasteiger partial charge >= 0.3 is 0 Å². The maximum absolute atomic E-state index is 12.0. The van der Waals surface area contributed by atoms with Gasteiger partial charge in [-0.1, -0.05) is 11.6 Å². The Bertz CT molecular complexity index is 684. The van der Waals surface area contributed by atoms with Gasteiger partial charge in [0.1, 0.15) is 0 Å². The van der Waals surface area contributed by atoms with Crippen LogP contribution in [-0.4, -0.2) is 21.4 Å². The van der Waals surface area contributed by atoms with E-state index in [0.717, 1.165) is 22.0 Å². The number of aromatic nitrogens is 2. The Balaban J connectivity index is 1.97. The van der Waals surface area contributed by atoms with Crippen molar-refractivity contribution in [3.8, 4) is 0 Å². The van der Waals surface area contributed by atoms with E-state index in [1.807, 2.05) is 27.0 Å². The molecule has 0 unspecified atom stereocenters. The number of carbonyl (C=O) groups is 1. The first-order chi connectivity index (χ1) is 9.88. The highest BCUT2D eigenvalue weighted by Crippen LogP contribution is 2.26. The van der Waals surface area contributed by atoms with Crippen molar-refractivity contribution >= 4 is 40.6 Å². The van der Waals surface area contributed by atoms with Crippen molar-refractivity contribution in [2.75, 3.05) is 16.8 Å². The molecule has 5 nitrogen and oxygen atoms in total. The van der Waals surface area contributed by atoms with Crippen LogP contribution < -0.4 is 11.1 Å². The number of hydrogen-bond acceptors (Lipinski definition) is 4. The molecule has 21 heavy (non-hydrogen) atoms. The van der Waals surface area contributed by atoms with Crippen molar-refractivity contribution in [1.29, 1.82) is 0 Å². The van der Waals surface area contributed by atoms with Crippen molar-refractivity contribution < 1.29 is 4.79 Å². The number of hydrogen-bond donors (Lipinski definition) is 2. The predicted octanol–water partition coefficient (Wildman–Crippen LogP) is 3.00. The van der Waals surface area contributed by atoms with Crippen LogP contribution in [0.3, 0.4) is 0 Å². The summed E-state index contributed by atoms with van der Waals surface area (Å²) in [6.45, 7) is 3.79. The van der Waals surface area contributed by atoms with Gasteiger partial charge in [-0.15, -0.1) is 11.8 Å². The summed E-state index contributed by atoms with van der Waals surface area (Å²) in [7, 11) is 1.85. The van der Waals surface area contributed by atoms with Gasteiger partial charge in [0.05, 0.1) is 33.5 Å². The third-order valence-corrected chi connectivity index (χ3v) is 4.44. The van der Waals surface area contributed by atoms with Crippen LogP contribution in [0.2, 0.25) is 5.02 Å². The van der Waals surface area contributed by atoms with E-state index < -0.39 is 0 Å². The molecule has 0 aliphatic rings. The third kappa shape index (κ3) is 3.71. The van der Waals surface area contributed by atoms with E-state index in [-0.39, 0.29) is 5.91 Å². The number of anilines is 2. The molecule has 0 saturated heterocycles. The third-order valence-electron chi connectivity index (χ3n) is 3.12. The van der Waals surface area contributed by atoms with Crippen LogP contribution in [0, 0.1) is 13.8 Å². The molecule has 1 heterocycles. The fraction of sp³-hybridized carbons (Fsp3) is 0.286. The Morgan fingerprint density at radius 2 is 2.19 bits per heavy atom. The fourth-order valence-electron chi connectivity index (χ4n) is 1.88. The van der Waals surface area contributed by atoms with Crippen molar-refractivity contribution in [2.24, 2.45) is 7.05 Å². The molecule has 0 bridgehead atoms. The van der Waals surface area contributed by atoms with Crippen molar-refractivity contribution in [2.45, 2.75) is 18.7 Å². The summed E-state index contributed by atoms with van der Waals surface area (Å²) in [6.07, 6.45) is 0. The summed E-state index contributed by atoms with van der Waals surface area (Å²) in [4.78, 5) is 12.9. The minimum Gasteiger partial charge on any atom is -0.398 e. The van der Waals surface area contributed by atoms with E-state index in [0.29, 0.717) is 16.5 Å². The smallest absolute Gasteiger partial charge is 0.234 e. The Kier molecular flexibility index (Phi) is 4.80. The maximum atomic E-state index is 12.0. The summed E-state index contributed by atoms with van der Waals surface area (Å²) in [5, 5.41) is 7.66. The van der Waals surface area contributed by atoms with Crippen molar-refractivity contribution in [1.82, 2.24) is 9.78 Å². The minimum absolute atomic E-state index is 0.0767. The highest BCUT2D eigenvalue weighted by atomic mass is 35.5. The van der Waals surface area contributed by atoms with Gasteiger partial charge in [-0.2, -0.15) is 5.10 Å². The van der Waals surface area contributed by atoms with Crippen LogP contribution in [-0.2, 0) is 11.8 Å². The number of nitrogens with zero attached hydrogens (tertiary/aromatic N) is 2. The zero-order valence-electron chi connectivity index (χ0n) is 12.1. The van der Waals surface area contributed by atoms with Gasteiger partial charge in [0.25, 0.3) is 0 Å². The monoisotopic (exact) mass is 324 g/mol. The van der Waals surface area contributed by atoms with Gasteiger partial charge in [-0.25, -0.2) is 0 Å². The quantitative estimate of drug-likeness (QED) is 0.670. The number of amides is 1. The van der Waals surface area contributed by atoms with Crippen LogP contribution in [0.15, 0.2) is 23.1 Å². The molecule has 0 atom stereocenters. The first-order valence-electron chi connectivity index (χ1n) is 6.36. The van der Waals surface area contributed by atoms with E-state index in [2.05, 4.69) is 10.4 Å². The zero-order chi connectivity index (χ0) is 15.6. The van der Waals surface area contributed by atoms with Crippen LogP contribution in [0.1, 0.15) is 11.4 Å². The maximum Gasteiger partial charge on any atom is 0.234 e. The van der Waals surface area contributed by atoms with Gasteiger partial charge < -0.3 is 11.1 Å². The number of aryl methyl sites for hydroxylation is 2. The zero-order valence-corrected chi connectivity index (χ0v) is 13.7. The van der Waals surface area contributed by atoms with Crippen LogP contribution >= 0.6 is 23.4 Å².